The zero-order chi connectivity index (χ0) is 12.7. The predicted molar refractivity (Wildman–Crippen MR) is 72.8 cm³/mol. The quantitative estimate of drug-likeness (QED) is 0.400. The molecule has 0 aliphatic heterocycles. The maximum absolute atomic E-state index is 5.55. The van der Waals surface area contributed by atoms with Gasteiger partial charge >= 0.3 is 0 Å². The molecule has 0 N–H and O–H groups in total. The number of ether oxygens (including phenoxy) is 1. The zero-order valence-electron chi connectivity index (χ0n) is 11.3. The summed E-state index contributed by atoms with van der Waals surface area (Å²) in [5, 5.41) is 0. The average molecular weight is 234 g/mol. The largest absolute Gasteiger partial charge is 0.371 e. The van der Waals surface area contributed by atoms with Crippen LogP contribution in [0.25, 0.3) is 0 Å². The summed E-state index contributed by atoms with van der Waals surface area (Å²) in [4.78, 5) is 0. The van der Waals surface area contributed by atoms with Gasteiger partial charge in [-0.1, -0.05) is 42.5 Å². The molecule has 0 saturated carbocycles. The van der Waals surface area contributed by atoms with Crippen molar-refractivity contribution in [3.8, 4) is 0 Å². The summed E-state index contributed by atoms with van der Waals surface area (Å²) >= 11 is 0. The van der Waals surface area contributed by atoms with Crippen LogP contribution in [0.2, 0.25) is 0 Å². The second-order valence-corrected chi connectivity index (χ2v) is 5.31. The molecule has 2 heteroatoms. The number of nitrogens with zero attached hydrogens (tertiary/aromatic N) is 1. The molecule has 0 aliphatic rings. The second kappa shape index (κ2) is 6.58. The average Bonchev–Trinajstić information content (AvgIpc) is 2.25. The molecule has 0 atom stereocenters. The van der Waals surface area contributed by atoms with Gasteiger partial charge in [0, 0.05) is 5.56 Å². The Morgan fingerprint density at radius 3 is 2.47 bits per heavy atom. The van der Waals surface area contributed by atoms with Gasteiger partial charge < -0.3 is 9.22 Å². The Labute approximate surface area is 105 Å². The number of likely N-dealkylation sites (N-methyl/N-ethyl adjacent to an activating group) is 1. The molecule has 1 aromatic carbocycles. The third-order valence-electron chi connectivity index (χ3n) is 2.64. The van der Waals surface area contributed by atoms with E-state index in [2.05, 4.69) is 51.0 Å². The van der Waals surface area contributed by atoms with Crippen molar-refractivity contribution < 1.29 is 9.22 Å². The maximum Gasteiger partial charge on any atom is 0.104 e. The number of hydrogen-bond donors (Lipinski definition) is 0. The van der Waals surface area contributed by atoms with E-state index in [1.165, 1.54) is 5.56 Å². The first-order valence-electron chi connectivity index (χ1n) is 6.08. The third kappa shape index (κ3) is 6.25. The Balaban J connectivity index is 2.33. The van der Waals surface area contributed by atoms with Crippen LogP contribution in [0, 0.1) is 0 Å². The maximum atomic E-state index is 5.55. The minimum Gasteiger partial charge on any atom is -0.371 e. The SMILES string of the molecule is C=C(C)COCC[N+](C)(C)Cc1ccccc1. The fourth-order valence-corrected chi connectivity index (χ4v) is 1.71. The van der Waals surface area contributed by atoms with E-state index in [0.29, 0.717) is 6.61 Å². The lowest BCUT2D eigenvalue weighted by molar-refractivity contribution is -0.904. The molecule has 1 rings (SSSR count). The smallest absolute Gasteiger partial charge is 0.104 e. The second-order valence-electron chi connectivity index (χ2n) is 5.31. The highest BCUT2D eigenvalue weighted by Crippen LogP contribution is 2.08. The molecular formula is C15H24NO+. The molecular weight excluding hydrogens is 210 g/mol. The van der Waals surface area contributed by atoms with Crippen molar-refractivity contribution in [1.82, 2.24) is 0 Å². The molecule has 0 fully saturated rings. The van der Waals surface area contributed by atoms with Crippen molar-refractivity contribution in [2.24, 2.45) is 0 Å². The zero-order valence-corrected chi connectivity index (χ0v) is 11.3. The number of quaternary nitrogens is 1. The lowest BCUT2D eigenvalue weighted by Crippen LogP contribution is -2.41. The molecule has 0 radical (unpaired) electrons. The third-order valence-corrected chi connectivity index (χ3v) is 2.64. The van der Waals surface area contributed by atoms with Gasteiger partial charge in [0.15, 0.2) is 0 Å². The number of rotatable bonds is 7. The highest BCUT2D eigenvalue weighted by atomic mass is 16.5. The normalized spacial score (nSPS) is 11.5. The predicted octanol–water partition coefficient (Wildman–Crippen LogP) is 2.86. The first kappa shape index (κ1) is 13.9. The summed E-state index contributed by atoms with van der Waals surface area (Å²) in [6.07, 6.45) is 0. The highest BCUT2D eigenvalue weighted by molar-refractivity contribution is 5.13. The molecule has 1 aromatic rings. The van der Waals surface area contributed by atoms with Crippen molar-refractivity contribution in [2.75, 3.05) is 33.9 Å². The summed E-state index contributed by atoms with van der Waals surface area (Å²) in [6.45, 7) is 9.33. The van der Waals surface area contributed by atoms with Crippen LogP contribution in [0.3, 0.4) is 0 Å². The van der Waals surface area contributed by atoms with Crippen LogP contribution in [-0.2, 0) is 11.3 Å². The van der Waals surface area contributed by atoms with E-state index in [4.69, 9.17) is 4.74 Å². The highest BCUT2D eigenvalue weighted by Gasteiger charge is 2.15. The van der Waals surface area contributed by atoms with Crippen LogP contribution in [0.15, 0.2) is 42.5 Å². The van der Waals surface area contributed by atoms with Gasteiger partial charge in [-0.15, -0.1) is 0 Å². The van der Waals surface area contributed by atoms with E-state index in [1.807, 2.05) is 6.92 Å². The van der Waals surface area contributed by atoms with Gasteiger partial charge in [0.05, 0.1) is 27.3 Å². The topological polar surface area (TPSA) is 9.23 Å². The van der Waals surface area contributed by atoms with E-state index in [-0.39, 0.29) is 0 Å². The van der Waals surface area contributed by atoms with Gasteiger partial charge in [0.2, 0.25) is 0 Å². The lowest BCUT2D eigenvalue weighted by Gasteiger charge is -2.29. The summed E-state index contributed by atoms with van der Waals surface area (Å²) in [6, 6.07) is 10.6. The fourth-order valence-electron chi connectivity index (χ4n) is 1.71. The molecule has 0 heterocycles. The Morgan fingerprint density at radius 1 is 1.24 bits per heavy atom. The van der Waals surface area contributed by atoms with Gasteiger partial charge in [-0.05, 0) is 6.92 Å². The monoisotopic (exact) mass is 234 g/mol. The Kier molecular flexibility index (Phi) is 5.39. The fraction of sp³-hybridized carbons (Fsp3) is 0.467. The molecule has 0 saturated heterocycles. The lowest BCUT2D eigenvalue weighted by atomic mass is 10.2. The molecule has 2 nitrogen and oxygen atoms in total. The van der Waals surface area contributed by atoms with Crippen LogP contribution in [-0.4, -0.2) is 38.3 Å². The molecule has 0 spiro atoms. The first-order chi connectivity index (χ1) is 7.99. The molecule has 0 aromatic heterocycles. The van der Waals surface area contributed by atoms with Crippen molar-refractivity contribution in [3.63, 3.8) is 0 Å². The summed E-state index contributed by atoms with van der Waals surface area (Å²) in [5.74, 6) is 0. The van der Waals surface area contributed by atoms with Gasteiger partial charge in [-0.3, -0.25) is 0 Å². The van der Waals surface area contributed by atoms with Gasteiger partial charge in [0.1, 0.15) is 13.1 Å². The van der Waals surface area contributed by atoms with E-state index < -0.39 is 0 Å². The Bertz CT molecular complexity index is 343. The minimum absolute atomic E-state index is 0.672. The molecule has 17 heavy (non-hydrogen) atoms. The summed E-state index contributed by atoms with van der Waals surface area (Å²) < 4.78 is 6.50. The van der Waals surface area contributed by atoms with Crippen molar-refractivity contribution >= 4 is 0 Å². The van der Waals surface area contributed by atoms with E-state index >= 15 is 0 Å². The first-order valence-corrected chi connectivity index (χ1v) is 6.08. The standard InChI is InChI=1S/C15H24NO/c1-14(2)13-17-11-10-16(3,4)12-15-8-6-5-7-9-15/h5-9H,1,10-13H2,2-4H3/q+1. The summed E-state index contributed by atoms with van der Waals surface area (Å²) in [7, 11) is 4.47. The Morgan fingerprint density at radius 2 is 1.88 bits per heavy atom. The molecule has 0 amide bonds. The van der Waals surface area contributed by atoms with Gasteiger partial charge in [-0.2, -0.15) is 0 Å². The molecule has 0 unspecified atom stereocenters. The minimum atomic E-state index is 0.672. The number of benzene rings is 1. The van der Waals surface area contributed by atoms with Crippen LogP contribution in [0.4, 0.5) is 0 Å². The van der Waals surface area contributed by atoms with Crippen LogP contribution < -0.4 is 0 Å². The van der Waals surface area contributed by atoms with E-state index in [0.717, 1.165) is 29.8 Å². The van der Waals surface area contributed by atoms with Gasteiger partial charge in [0.25, 0.3) is 0 Å². The van der Waals surface area contributed by atoms with Crippen molar-refractivity contribution in [1.29, 1.82) is 0 Å². The van der Waals surface area contributed by atoms with Crippen molar-refractivity contribution in [3.05, 3.63) is 48.0 Å². The molecule has 0 bridgehead atoms. The van der Waals surface area contributed by atoms with Crippen LogP contribution in [0.1, 0.15) is 12.5 Å². The number of hydrogen-bond acceptors (Lipinski definition) is 1. The van der Waals surface area contributed by atoms with Gasteiger partial charge in [-0.25, -0.2) is 0 Å². The van der Waals surface area contributed by atoms with Crippen LogP contribution >= 0.6 is 0 Å². The summed E-state index contributed by atoms with van der Waals surface area (Å²) in [5.41, 5.74) is 2.45. The molecule has 0 aliphatic carbocycles. The van der Waals surface area contributed by atoms with Crippen LogP contribution in [0.5, 0.6) is 0 Å². The van der Waals surface area contributed by atoms with E-state index in [1.54, 1.807) is 0 Å². The van der Waals surface area contributed by atoms with Crippen molar-refractivity contribution in [2.45, 2.75) is 13.5 Å². The Hall–Kier alpha value is -1.12. The van der Waals surface area contributed by atoms with E-state index in [9.17, 15) is 0 Å². The molecule has 94 valence electrons.